The summed E-state index contributed by atoms with van der Waals surface area (Å²) < 4.78 is 10.7. The number of hydrogen-bond donors (Lipinski definition) is 2. The minimum atomic E-state index is 0.0329. The van der Waals surface area contributed by atoms with Gasteiger partial charge in [0.2, 0.25) is 5.91 Å². The molecule has 0 aliphatic rings. The van der Waals surface area contributed by atoms with Gasteiger partial charge in [-0.25, -0.2) is 0 Å². The number of ether oxygens (including phenoxy) is 2. The van der Waals surface area contributed by atoms with Crippen LogP contribution in [-0.4, -0.2) is 44.0 Å². The molecule has 1 amide bonds. The first kappa shape index (κ1) is 17.5. The molecule has 0 radical (unpaired) electrons. The van der Waals surface area contributed by atoms with Gasteiger partial charge in [-0.05, 0) is 31.4 Å². The van der Waals surface area contributed by atoms with Crippen LogP contribution in [-0.2, 0) is 9.53 Å². The van der Waals surface area contributed by atoms with E-state index in [1.54, 1.807) is 0 Å². The third kappa shape index (κ3) is 8.32. The largest absolute Gasteiger partial charge is 0.493 e. The molecule has 0 aliphatic heterocycles. The summed E-state index contributed by atoms with van der Waals surface area (Å²) in [5, 5.41) is 11.4. The van der Waals surface area contributed by atoms with E-state index < -0.39 is 0 Å². The normalized spacial score (nSPS) is 10.4. The van der Waals surface area contributed by atoms with Crippen molar-refractivity contribution in [3.63, 3.8) is 0 Å². The first-order valence-electron chi connectivity index (χ1n) is 7.37. The van der Waals surface area contributed by atoms with Gasteiger partial charge in [-0.15, -0.1) is 0 Å². The minimum Gasteiger partial charge on any atom is -0.493 e. The number of nitrogens with one attached hydrogen (secondary N) is 1. The Kier molecular flexibility index (Phi) is 9.24. The maximum absolute atomic E-state index is 11.6. The SMILES string of the molecule is Cc1ccccc1OCCCC(=O)NCCCOCCO. The molecule has 0 heterocycles. The van der Waals surface area contributed by atoms with E-state index in [9.17, 15) is 4.79 Å². The van der Waals surface area contributed by atoms with Crippen LogP contribution in [0.4, 0.5) is 0 Å². The minimum absolute atomic E-state index is 0.0329. The van der Waals surface area contributed by atoms with Crippen LogP contribution in [0.25, 0.3) is 0 Å². The van der Waals surface area contributed by atoms with E-state index >= 15 is 0 Å². The molecule has 21 heavy (non-hydrogen) atoms. The van der Waals surface area contributed by atoms with Gasteiger partial charge >= 0.3 is 0 Å². The van der Waals surface area contributed by atoms with E-state index in [1.807, 2.05) is 31.2 Å². The Balaban J connectivity index is 2.00. The molecule has 0 bridgehead atoms. The molecule has 0 aliphatic carbocycles. The van der Waals surface area contributed by atoms with E-state index in [1.165, 1.54) is 0 Å². The van der Waals surface area contributed by atoms with E-state index in [2.05, 4.69) is 5.32 Å². The Hall–Kier alpha value is -1.59. The summed E-state index contributed by atoms with van der Waals surface area (Å²) in [5.74, 6) is 0.907. The Morgan fingerprint density at radius 1 is 1.19 bits per heavy atom. The zero-order valence-corrected chi connectivity index (χ0v) is 12.6. The van der Waals surface area contributed by atoms with Gasteiger partial charge in [-0.3, -0.25) is 4.79 Å². The number of aliphatic hydroxyl groups excluding tert-OH is 1. The number of carbonyl (C=O) groups excluding carboxylic acids is 1. The molecule has 118 valence electrons. The van der Waals surface area contributed by atoms with Crippen molar-refractivity contribution in [2.75, 3.05) is 33.0 Å². The first-order valence-corrected chi connectivity index (χ1v) is 7.37. The Bertz CT molecular complexity index is 409. The molecule has 1 aromatic rings. The van der Waals surface area contributed by atoms with Crippen LogP contribution < -0.4 is 10.1 Å². The molecule has 1 rings (SSSR count). The monoisotopic (exact) mass is 295 g/mol. The highest BCUT2D eigenvalue weighted by Crippen LogP contribution is 2.16. The fourth-order valence-corrected chi connectivity index (χ4v) is 1.79. The fraction of sp³-hybridized carbons (Fsp3) is 0.562. The first-order chi connectivity index (χ1) is 10.2. The summed E-state index contributed by atoms with van der Waals surface area (Å²) >= 11 is 0. The van der Waals surface area contributed by atoms with Crippen LogP contribution in [0.3, 0.4) is 0 Å². The number of benzene rings is 1. The summed E-state index contributed by atoms with van der Waals surface area (Å²) in [7, 11) is 0. The van der Waals surface area contributed by atoms with Crippen molar-refractivity contribution in [2.45, 2.75) is 26.2 Å². The third-order valence-electron chi connectivity index (χ3n) is 2.92. The maximum atomic E-state index is 11.6. The number of aliphatic hydroxyl groups is 1. The Labute approximate surface area is 126 Å². The van der Waals surface area contributed by atoms with Gasteiger partial charge < -0.3 is 19.9 Å². The Morgan fingerprint density at radius 2 is 2.00 bits per heavy atom. The number of carbonyl (C=O) groups is 1. The summed E-state index contributed by atoms with van der Waals surface area (Å²) in [6, 6.07) is 7.84. The zero-order chi connectivity index (χ0) is 15.3. The third-order valence-corrected chi connectivity index (χ3v) is 2.92. The highest BCUT2D eigenvalue weighted by Gasteiger charge is 2.02. The molecular formula is C16H25NO4. The van der Waals surface area contributed by atoms with Gasteiger partial charge in [0.05, 0.1) is 19.8 Å². The number of rotatable bonds is 11. The van der Waals surface area contributed by atoms with Gasteiger partial charge in [-0.2, -0.15) is 0 Å². The van der Waals surface area contributed by atoms with Crippen LogP contribution in [0, 0.1) is 6.92 Å². The fourth-order valence-electron chi connectivity index (χ4n) is 1.79. The van der Waals surface area contributed by atoms with Crippen LogP contribution in [0.2, 0.25) is 0 Å². The Morgan fingerprint density at radius 3 is 2.76 bits per heavy atom. The predicted molar refractivity (Wildman–Crippen MR) is 81.4 cm³/mol. The van der Waals surface area contributed by atoms with Crippen LogP contribution in [0.15, 0.2) is 24.3 Å². The van der Waals surface area contributed by atoms with Crippen molar-refractivity contribution in [2.24, 2.45) is 0 Å². The van der Waals surface area contributed by atoms with Gasteiger partial charge in [0, 0.05) is 19.6 Å². The average molecular weight is 295 g/mol. The summed E-state index contributed by atoms with van der Waals surface area (Å²) in [4.78, 5) is 11.6. The molecule has 1 aromatic carbocycles. The molecule has 0 fully saturated rings. The van der Waals surface area contributed by atoms with Crippen molar-refractivity contribution in [3.05, 3.63) is 29.8 Å². The number of hydrogen-bond acceptors (Lipinski definition) is 4. The second-order valence-corrected chi connectivity index (χ2v) is 4.76. The van der Waals surface area contributed by atoms with Crippen molar-refractivity contribution < 1.29 is 19.4 Å². The van der Waals surface area contributed by atoms with Crippen molar-refractivity contribution in [1.82, 2.24) is 5.32 Å². The van der Waals surface area contributed by atoms with E-state index in [-0.39, 0.29) is 12.5 Å². The lowest BCUT2D eigenvalue weighted by Crippen LogP contribution is -2.25. The van der Waals surface area contributed by atoms with Gasteiger partial charge in [0.15, 0.2) is 0 Å². The second-order valence-electron chi connectivity index (χ2n) is 4.76. The van der Waals surface area contributed by atoms with Gasteiger partial charge in [-0.1, -0.05) is 18.2 Å². The number of para-hydroxylation sites is 1. The van der Waals surface area contributed by atoms with Crippen molar-refractivity contribution >= 4 is 5.91 Å². The highest BCUT2D eigenvalue weighted by atomic mass is 16.5. The molecular weight excluding hydrogens is 270 g/mol. The average Bonchev–Trinajstić information content (AvgIpc) is 2.49. The van der Waals surface area contributed by atoms with Gasteiger partial charge in [0.25, 0.3) is 0 Å². The molecule has 5 nitrogen and oxygen atoms in total. The van der Waals surface area contributed by atoms with E-state index in [0.29, 0.717) is 39.2 Å². The molecule has 0 saturated heterocycles. The van der Waals surface area contributed by atoms with Crippen LogP contribution >= 0.6 is 0 Å². The lowest BCUT2D eigenvalue weighted by Gasteiger charge is -2.09. The topological polar surface area (TPSA) is 67.8 Å². The molecule has 0 saturated carbocycles. The lowest BCUT2D eigenvalue weighted by atomic mass is 10.2. The molecule has 0 unspecified atom stereocenters. The van der Waals surface area contributed by atoms with Gasteiger partial charge in [0.1, 0.15) is 5.75 Å². The van der Waals surface area contributed by atoms with Crippen molar-refractivity contribution in [1.29, 1.82) is 0 Å². The smallest absolute Gasteiger partial charge is 0.220 e. The predicted octanol–water partition coefficient (Wildman–Crippen LogP) is 1.67. The van der Waals surface area contributed by atoms with Crippen LogP contribution in [0.1, 0.15) is 24.8 Å². The van der Waals surface area contributed by atoms with E-state index in [4.69, 9.17) is 14.6 Å². The summed E-state index contributed by atoms with van der Waals surface area (Å²) in [5.41, 5.74) is 1.10. The summed E-state index contributed by atoms with van der Waals surface area (Å²) in [6.07, 6.45) is 1.91. The van der Waals surface area contributed by atoms with E-state index in [0.717, 1.165) is 17.7 Å². The quantitative estimate of drug-likeness (QED) is 0.609. The highest BCUT2D eigenvalue weighted by molar-refractivity contribution is 5.75. The molecule has 2 N–H and O–H groups in total. The standard InChI is InChI=1S/C16H25NO4/c1-14-6-2-3-7-15(14)21-12-4-8-16(19)17-9-5-11-20-13-10-18/h2-3,6-7,18H,4-5,8-13H2,1H3,(H,17,19). The second kappa shape index (κ2) is 11.1. The molecule has 5 heteroatoms. The maximum Gasteiger partial charge on any atom is 0.220 e. The number of aryl methyl sites for hydroxylation is 1. The summed E-state index contributed by atoms with van der Waals surface area (Å²) in [6.45, 7) is 4.08. The van der Waals surface area contributed by atoms with Crippen LogP contribution in [0.5, 0.6) is 5.75 Å². The zero-order valence-electron chi connectivity index (χ0n) is 12.6. The molecule has 0 aromatic heterocycles. The molecule has 0 atom stereocenters. The number of amides is 1. The molecule has 0 spiro atoms. The van der Waals surface area contributed by atoms with Crippen molar-refractivity contribution in [3.8, 4) is 5.75 Å². The lowest BCUT2D eigenvalue weighted by molar-refractivity contribution is -0.121.